The van der Waals surface area contributed by atoms with E-state index < -0.39 is 0 Å². The lowest BCUT2D eigenvalue weighted by Crippen LogP contribution is -2.35. The van der Waals surface area contributed by atoms with Gasteiger partial charge >= 0.3 is 5.69 Å². The van der Waals surface area contributed by atoms with Crippen LogP contribution in [0, 0.1) is 17.0 Å². The highest BCUT2D eigenvalue weighted by atomic mass is 16.6. The highest BCUT2D eigenvalue weighted by molar-refractivity contribution is 5.99. The van der Waals surface area contributed by atoms with Crippen molar-refractivity contribution in [2.45, 2.75) is 32.3 Å². The zero-order valence-electron chi connectivity index (χ0n) is 23.6. The number of rotatable bonds is 9. The van der Waals surface area contributed by atoms with Gasteiger partial charge in [0.2, 0.25) is 0 Å². The standard InChI is InChI=1S/C34H34N2O5/c1-23-5-4-6-27(19-23)30-21-28(12-13-33(30)40-3)32(37)20-24-7-9-25(10-8-24)26-11-14-34(31(22-26)36(38)39)41-29-15-17-35(2)18-16-29/h4-14,19,21-22,29H,15-18,20H2,1-3H3. The lowest BCUT2D eigenvalue weighted by molar-refractivity contribution is -0.386. The molecule has 5 rings (SSSR count). The third-order valence-electron chi connectivity index (χ3n) is 7.62. The second-order valence-electron chi connectivity index (χ2n) is 10.6. The van der Waals surface area contributed by atoms with Crippen LogP contribution in [0.5, 0.6) is 11.5 Å². The normalized spacial score (nSPS) is 14.0. The maximum Gasteiger partial charge on any atom is 0.311 e. The molecule has 1 aliphatic heterocycles. The number of nitro groups is 1. The van der Waals surface area contributed by atoms with Crippen molar-refractivity contribution in [3.05, 3.63) is 112 Å². The van der Waals surface area contributed by atoms with E-state index in [0.717, 1.165) is 59.3 Å². The first-order valence-corrected chi connectivity index (χ1v) is 13.8. The molecule has 1 heterocycles. The Morgan fingerprint density at radius 2 is 1.61 bits per heavy atom. The number of ketones is 1. The molecule has 0 aliphatic carbocycles. The summed E-state index contributed by atoms with van der Waals surface area (Å²) in [5.41, 5.74) is 6.01. The van der Waals surface area contributed by atoms with Gasteiger partial charge in [-0.2, -0.15) is 0 Å². The van der Waals surface area contributed by atoms with Crippen LogP contribution in [-0.4, -0.2) is 49.0 Å². The molecule has 0 unspecified atom stereocenters. The monoisotopic (exact) mass is 550 g/mol. The second kappa shape index (κ2) is 12.4. The van der Waals surface area contributed by atoms with Crippen molar-refractivity contribution < 1.29 is 19.2 Å². The van der Waals surface area contributed by atoms with Gasteiger partial charge in [0.25, 0.3) is 0 Å². The molecule has 0 N–H and O–H groups in total. The van der Waals surface area contributed by atoms with Crippen molar-refractivity contribution >= 4 is 11.5 Å². The maximum atomic E-state index is 13.2. The van der Waals surface area contributed by atoms with Gasteiger partial charge in [-0.3, -0.25) is 14.9 Å². The molecule has 1 saturated heterocycles. The van der Waals surface area contributed by atoms with Crippen LogP contribution in [-0.2, 0) is 6.42 Å². The molecule has 41 heavy (non-hydrogen) atoms. The van der Waals surface area contributed by atoms with E-state index in [2.05, 4.69) is 18.0 Å². The minimum atomic E-state index is -0.388. The van der Waals surface area contributed by atoms with E-state index in [1.807, 2.05) is 67.6 Å². The molecule has 4 aromatic carbocycles. The molecule has 0 atom stereocenters. The summed E-state index contributed by atoms with van der Waals surface area (Å²) in [6.07, 6.45) is 1.91. The number of carbonyl (C=O) groups is 1. The number of likely N-dealkylation sites (tertiary alicyclic amines) is 1. The SMILES string of the molecule is COc1ccc(C(=O)Cc2ccc(-c3ccc(OC4CCN(C)CC4)c([N+](=O)[O-])c3)cc2)cc1-c1cccc(C)c1. The molecule has 0 amide bonds. The van der Waals surface area contributed by atoms with Crippen LogP contribution in [0.3, 0.4) is 0 Å². The van der Waals surface area contributed by atoms with E-state index >= 15 is 0 Å². The average Bonchev–Trinajstić information content (AvgIpc) is 2.98. The number of ether oxygens (including phenoxy) is 2. The number of nitrogens with zero attached hydrogens (tertiary/aromatic N) is 2. The molecular formula is C34H34N2O5. The predicted molar refractivity (Wildman–Crippen MR) is 161 cm³/mol. The number of Topliss-reactive ketones (excluding diaryl/α,β-unsaturated/α-hetero) is 1. The maximum absolute atomic E-state index is 13.2. The highest BCUT2D eigenvalue weighted by Crippen LogP contribution is 2.35. The molecule has 1 fully saturated rings. The van der Waals surface area contributed by atoms with Gasteiger partial charge in [0.1, 0.15) is 11.9 Å². The fraction of sp³-hybridized carbons (Fsp3) is 0.265. The van der Waals surface area contributed by atoms with Crippen LogP contribution in [0.25, 0.3) is 22.3 Å². The number of nitro benzene ring substituents is 1. The first kappa shape index (κ1) is 28.1. The molecule has 210 valence electrons. The van der Waals surface area contributed by atoms with E-state index in [1.165, 1.54) is 0 Å². The van der Waals surface area contributed by atoms with E-state index in [4.69, 9.17) is 9.47 Å². The second-order valence-corrected chi connectivity index (χ2v) is 10.6. The summed E-state index contributed by atoms with van der Waals surface area (Å²) >= 11 is 0. The molecule has 0 radical (unpaired) electrons. The van der Waals surface area contributed by atoms with Gasteiger partial charge in [-0.05, 0) is 73.3 Å². The first-order valence-electron chi connectivity index (χ1n) is 13.8. The van der Waals surface area contributed by atoms with Crippen LogP contribution >= 0.6 is 0 Å². The van der Waals surface area contributed by atoms with Crippen LogP contribution < -0.4 is 9.47 Å². The molecular weight excluding hydrogens is 516 g/mol. The first-order chi connectivity index (χ1) is 19.8. The lowest BCUT2D eigenvalue weighted by Gasteiger charge is -2.29. The Labute approximate surface area is 240 Å². The predicted octanol–water partition coefficient (Wildman–Crippen LogP) is 7.14. The zero-order valence-corrected chi connectivity index (χ0v) is 23.6. The highest BCUT2D eigenvalue weighted by Gasteiger charge is 2.23. The van der Waals surface area contributed by atoms with Crippen LogP contribution in [0.15, 0.2) is 84.9 Å². The molecule has 1 aliphatic rings. The lowest BCUT2D eigenvalue weighted by atomic mass is 9.96. The van der Waals surface area contributed by atoms with Crippen molar-refractivity contribution in [3.63, 3.8) is 0 Å². The van der Waals surface area contributed by atoms with Crippen LogP contribution in [0.1, 0.15) is 34.3 Å². The van der Waals surface area contributed by atoms with Gasteiger partial charge in [-0.25, -0.2) is 0 Å². The molecule has 0 aromatic heterocycles. The van der Waals surface area contributed by atoms with Crippen molar-refractivity contribution in [1.29, 1.82) is 0 Å². The Morgan fingerprint density at radius 1 is 0.902 bits per heavy atom. The Hall–Kier alpha value is -4.49. The van der Waals surface area contributed by atoms with Crippen LogP contribution in [0.2, 0.25) is 0 Å². The van der Waals surface area contributed by atoms with Gasteiger partial charge in [-0.15, -0.1) is 0 Å². The fourth-order valence-corrected chi connectivity index (χ4v) is 5.24. The van der Waals surface area contributed by atoms with Gasteiger partial charge < -0.3 is 14.4 Å². The number of methoxy groups -OCH3 is 1. The Morgan fingerprint density at radius 3 is 2.29 bits per heavy atom. The molecule has 4 aromatic rings. The minimum Gasteiger partial charge on any atom is -0.496 e. The van der Waals surface area contributed by atoms with E-state index in [1.54, 1.807) is 25.3 Å². The number of aryl methyl sites for hydroxylation is 1. The zero-order chi connectivity index (χ0) is 28.9. The third-order valence-corrected chi connectivity index (χ3v) is 7.62. The molecule has 0 saturated carbocycles. The Balaban J connectivity index is 1.31. The van der Waals surface area contributed by atoms with Crippen molar-refractivity contribution in [1.82, 2.24) is 4.90 Å². The molecule has 7 nitrogen and oxygen atoms in total. The van der Waals surface area contributed by atoms with E-state index in [-0.39, 0.29) is 28.9 Å². The van der Waals surface area contributed by atoms with E-state index in [9.17, 15) is 14.9 Å². The summed E-state index contributed by atoms with van der Waals surface area (Å²) in [5.74, 6) is 1.02. The topological polar surface area (TPSA) is 81.9 Å². The summed E-state index contributed by atoms with van der Waals surface area (Å²) in [6.45, 7) is 3.86. The Bertz CT molecular complexity index is 1560. The number of piperidine rings is 1. The summed E-state index contributed by atoms with van der Waals surface area (Å²) in [6, 6.07) is 26.3. The van der Waals surface area contributed by atoms with Gasteiger partial charge in [0, 0.05) is 36.7 Å². The van der Waals surface area contributed by atoms with Gasteiger partial charge in [0.05, 0.1) is 12.0 Å². The van der Waals surface area contributed by atoms with Gasteiger partial charge in [0.15, 0.2) is 11.5 Å². The van der Waals surface area contributed by atoms with Gasteiger partial charge in [-0.1, -0.05) is 60.2 Å². The van der Waals surface area contributed by atoms with Crippen molar-refractivity contribution in [3.8, 4) is 33.8 Å². The van der Waals surface area contributed by atoms with E-state index in [0.29, 0.717) is 17.1 Å². The smallest absolute Gasteiger partial charge is 0.311 e. The summed E-state index contributed by atoms with van der Waals surface area (Å²) in [5, 5.41) is 11.9. The largest absolute Gasteiger partial charge is 0.496 e. The fourth-order valence-electron chi connectivity index (χ4n) is 5.24. The number of hydrogen-bond donors (Lipinski definition) is 0. The summed E-state index contributed by atoms with van der Waals surface area (Å²) in [4.78, 5) is 26.9. The number of hydrogen-bond acceptors (Lipinski definition) is 6. The summed E-state index contributed by atoms with van der Waals surface area (Å²) < 4.78 is 11.6. The quantitative estimate of drug-likeness (QED) is 0.125. The number of benzene rings is 4. The number of carbonyl (C=O) groups excluding carboxylic acids is 1. The van der Waals surface area contributed by atoms with Crippen molar-refractivity contribution in [2.75, 3.05) is 27.2 Å². The molecule has 7 heteroatoms. The Kier molecular flexibility index (Phi) is 8.45. The molecule has 0 bridgehead atoms. The minimum absolute atomic E-state index is 0.000326. The molecule has 0 spiro atoms. The van der Waals surface area contributed by atoms with Crippen LogP contribution in [0.4, 0.5) is 5.69 Å². The van der Waals surface area contributed by atoms with Crippen molar-refractivity contribution in [2.24, 2.45) is 0 Å². The summed E-state index contributed by atoms with van der Waals surface area (Å²) in [7, 11) is 3.69. The third kappa shape index (κ3) is 6.64. The average molecular weight is 551 g/mol.